The molecule has 0 radical (unpaired) electrons. The first kappa shape index (κ1) is 24.1. The lowest BCUT2D eigenvalue weighted by Gasteiger charge is -2.32. The first-order valence-corrected chi connectivity index (χ1v) is 11.6. The molecule has 0 aliphatic carbocycles. The van der Waals surface area contributed by atoms with Gasteiger partial charge in [-0.1, -0.05) is 6.08 Å². The largest absolute Gasteiger partial charge is 0.356 e. The predicted octanol–water partition coefficient (Wildman–Crippen LogP) is 4.63. The summed E-state index contributed by atoms with van der Waals surface area (Å²) in [5.41, 5.74) is 0.232. The van der Waals surface area contributed by atoms with Gasteiger partial charge >= 0.3 is 0 Å². The van der Waals surface area contributed by atoms with E-state index in [1.54, 1.807) is 30.3 Å². The number of carbonyl (C=O) groups is 1. The van der Waals surface area contributed by atoms with Crippen LogP contribution in [0.2, 0.25) is 0 Å². The van der Waals surface area contributed by atoms with E-state index in [1.165, 1.54) is 11.8 Å². The first-order valence-electron chi connectivity index (χ1n) is 10.8. The minimum absolute atomic E-state index is 0.237. The van der Waals surface area contributed by atoms with E-state index in [9.17, 15) is 13.6 Å². The highest BCUT2D eigenvalue weighted by Crippen LogP contribution is 2.30. The van der Waals surface area contributed by atoms with Gasteiger partial charge in [0.05, 0.1) is 5.56 Å². The second kappa shape index (κ2) is 11.0. The molecule has 1 aliphatic heterocycles. The molecule has 0 spiro atoms. The number of allylic oxidation sites excluding steroid dienone is 1. The van der Waals surface area contributed by atoms with Crippen LogP contribution in [0.25, 0.3) is 0 Å². The number of anilines is 3. The maximum Gasteiger partial charge on any atom is 0.258 e. The van der Waals surface area contributed by atoms with Crippen LogP contribution in [-0.2, 0) is 0 Å². The highest BCUT2D eigenvalue weighted by atomic mass is 32.2. The quantitative estimate of drug-likeness (QED) is 0.144. The lowest BCUT2D eigenvalue weighted by Crippen LogP contribution is -2.37. The van der Waals surface area contributed by atoms with E-state index in [4.69, 9.17) is 5.84 Å². The van der Waals surface area contributed by atoms with Gasteiger partial charge in [-0.2, -0.15) is 5.10 Å². The number of hydrazone groups is 1. The molecule has 3 aromatic rings. The second-order valence-electron chi connectivity index (χ2n) is 7.58. The highest BCUT2D eigenvalue weighted by Gasteiger charge is 2.19. The van der Waals surface area contributed by atoms with Crippen molar-refractivity contribution in [1.29, 1.82) is 0 Å². The molecule has 1 saturated heterocycles. The van der Waals surface area contributed by atoms with Gasteiger partial charge in [-0.05, 0) is 67.6 Å². The summed E-state index contributed by atoms with van der Waals surface area (Å²) < 4.78 is 27.0. The normalized spacial score (nSPS) is 13.6. The smallest absolute Gasteiger partial charge is 0.258 e. The van der Waals surface area contributed by atoms with Crippen molar-refractivity contribution in [3.05, 3.63) is 77.9 Å². The number of rotatable bonds is 7. The molecular formula is C24H23F2N7OS. The second-order valence-corrected chi connectivity index (χ2v) is 8.62. The predicted molar refractivity (Wildman–Crippen MR) is 134 cm³/mol. The summed E-state index contributed by atoms with van der Waals surface area (Å²) >= 11 is 1.35. The van der Waals surface area contributed by atoms with Gasteiger partial charge < -0.3 is 21.4 Å². The molecule has 0 unspecified atom stereocenters. The van der Waals surface area contributed by atoms with Crippen molar-refractivity contribution < 1.29 is 13.6 Å². The van der Waals surface area contributed by atoms with Gasteiger partial charge in [0.1, 0.15) is 23.3 Å². The van der Waals surface area contributed by atoms with Crippen LogP contribution in [0.5, 0.6) is 0 Å². The number of aromatic nitrogens is 2. The number of nitrogens with two attached hydrogens (primary N) is 1. The van der Waals surface area contributed by atoms with E-state index in [-0.39, 0.29) is 5.56 Å². The standard InChI is InChI=1S/C24H23F2N7OS/c1-2-4-20(32-27)29-21-14-22(33-11-3-12-33)31-24(30-21)35-17-8-6-16(7-9-17)28-23(34)18-10-5-15(25)13-19(18)26/h2,4-10,13-14H,3,11-12,27H2,1H3,(H,28,34)(H,29,30,31,32)/b4-2+. The van der Waals surface area contributed by atoms with E-state index in [0.717, 1.165) is 42.4 Å². The molecule has 2 heterocycles. The van der Waals surface area contributed by atoms with Crippen LogP contribution >= 0.6 is 11.8 Å². The number of nitrogens with zero attached hydrogens (tertiary/aromatic N) is 4. The molecule has 1 aromatic heterocycles. The fourth-order valence-electron chi connectivity index (χ4n) is 3.22. The van der Waals surface area contributed by atoms with Crippen molar-refractivity contribution in [3.8, 4) is 0 Å². The Labute approximate surface area is 205 Å². The molecule has 180 valence electrons. The van der Waals surface area contributed by atoms with Crippen LogP contribution in [0.4, 0.5) is 26.1 Å². The Bertz CT molecular complexity index is 1280. The Kier molecular flexibility index (Phi) is 7.56. The Hall–Kier alpha value is -3.99. The van der Waals surface area contributed by atoms with E-state index >= 15 is 0 Å². The molecular weight excluding hydrogens is 472 g/mol. The number of hydrogen-bond donors (Lipinski definition) is 3. The number of carbonyl (C=O) groups excluding carboxylic acids is 1. The summed E-state index contributed by atoms with van der Waals surface area (Å²) in [4.78, 5) is 24.5. The van der Waals surface area contributed by atoms with Crippen LogP contribution in [0.3, 0.4) is 0 Å². The molecule has 0 atom stereocenters. The van der Waals surface area contributed by atoms with E-state index in [0.29, 0.717) is 28.6 Å². The first-order chi connectivity index (χ1) is 16.9. The lowest BCUT2D eigenvalue weighted by molar-refractivity contribution is 0.102. The number of halogens is 2. The van der Waals surface area contributed by atoms with Gasteiger partial charge in [0.15, 0.2) is 11.0 Å². The minimum Gasteiger partial charge on any atom is -0.356 e. The zero-order valence-corrected chi connectivity index (χ0v) is 19.6. The maximum atomic E-state index is 13.9. The monoisotopic (exact) mass is 495 g/mol. The van der Waals surface area contributed by atoms with Gasteiger partial charge in [-0.15, -0.1) is 0 Å². The molecule has 2 aromatic carbocycles. The van der Waals surface area contributed by atoms with Gasteiger partial charge in [-0.25, -0.2) is 18.7 Å². The van der Waals surface area contributed by atoms with Crippen molar-refractivity contribution in [3.63, 3.8) is 0 Å². The summed E-state index contributed by atoms with van der Waals surface area (Å²) in [6, 6.07) is 11.6. The van der Waals surface area contributed by atoms with Crippen LogP contribution < -0.4 is 21.4 Å². The van der Waals surface area contributed by atoms with Gasteiger partial charge in [0, 0.05) is 35.8 Å². The van der Waals surface area contributed by atoms with Crippen molar-refractivity contribution >= 4 is 40.8 Å². The van der Waals surface area contributed by atoms with Gasteiger partial charge in [0.25, 0.3) is 5.91 Å². The molecule has 0 saturated carbocycles. The number of hydrogen-bond acceptors (Lipinski definition) is 7. The molecule has 1 amide bonds. The van der Waals surface area contributed by atoms with E-state index in [2.05, 4.69) is 30.6 Å². The van der Waals surface area contributed by atoms with Crippen LogP contribution in [0, 0.1) is 11.6 Å². The highest BCUT2D eigenvalue weighted by molar-refractivity contribution is 7.99. The van der Waals surface area contributed by atoms with Crippen molar-refractivity contribution in [1.82, 2.24) is 9.97 Å². The minimum atomic E-state index is -0.921. The Balaban J connectivity index is 1.49. The number of benzene rings is 2. The summed E-state index contributed by atoms with van der Waals surface area (Å²) in [6.07, 6.45) is 4.66. The molecule has 11 heteroatoms. The summed E-state index contributed by atoms with van der Waals surface area (Å²) in [5, 5.41) is 9.96. The van der Waals surface area contributed by atoms with Crippen LogP contribution in [0.15, 0.2) is 75.8 Å². The van der Waals surface area contributed by atoms with E-state index < -0.39 is 17.5 Å². The van der Waals surface area contributed by atoms with Crippen molar-refractivity contribution in [2.75, 3.05) is 28.6 Å². The van der Waals surface area contributed by atoms with Crippen molar-refractivity contribution in [2.45, 2.75) is 23.4 Å². The molecule has 4 N–H and O–H groups in total. The number of amidine groups is 1. The average Bonchev–Trinajstić information content (AvgIpc) is 2.78. The number of nitrogens with one attached hydrogen (secondary N) is 2. The number of amides is 1. The van der Waals surface area contributed by atoms with Crippen molar-refractivity contribution in [2.24, 2.45) is 10.9 Å². The molecule has 8 nitrogen and oxygen atoms in total. The average molecular weight is 496 g/mol. The Morgan fingerprint density at radius 1 is 1.11 bits per heavy atom. The third kappa shape index (κ3) is 6.12. The zero-order valence-electron chi connectivity index (χ0n) is 18.8. The third-order valence-corrected chi connectivity index (χ3v) is 5.96. The molecule has 4 rings (SSSR count). The third-order valence-electron chi connectivity index (χ3n) is 5.09. The molecule has 35 heavy (non-hydrogen) atoms. The topological polar surface area (TPSA) is 109 Å². The fourth-order valence-corrected chi connectivity index (χ4v) is 3.99. The maximum absolute atomic E-state index is 13.9. The molecule has 0 bridgehead atoms. The lowest BCUT2D eigenvalue weighted by atomic mass is 10.2. The zero-order chi connectivity index (χ0) is 24.8. The summed E-state index contributed by atoms with van der Waals surface area (Å²) in [5.74, 6) is 4.96. The van der Waals surface area contributed by atoms with Gasteiger partial charge in [-0.3, -0.25) is 4.79 Å². The Morgan fingerprint density at radius 3 is 2.51 bits per heavy atom. The Morgan fingerprint density at radius 2 is 1.89 bits per heavy atom. The molecule has 1 fully saturated rings. The van der Waals surface area contributed by atoms with Crippen LogP contribution in [-0.4, -0.2) is 34.8 Å². The summed E-state index contributed by atoms with van der Waals surface area (Å²) in [7, 11) is 0. The van der Waals surface area contributed by atoms with E-state index in [1.807, 2.05) is 19.1 Å². The fraction of sp³-hybridized carbons (Fsp3) is 0.167. The van der Waals surface area contributed by atoms with Crippen LogP contribution in [0.1, 0.15) is 23.7 Å². The SMILES string of the molecule is C/C=C/C(=N\N)Nc1cc(N2CCC2)nc(Sc2ccc(NC(=O)c3ccc(F)cc3F)cc2)n1. The molecule has 1 aliphatic rings. The van der Waals surface area contributed by atoms with Gasteiger partial charge in [0.2, 0.25) is 0 Å². The summed E-state index contributed by atoms with van der Waals surface area (Å²) in [6.45, 7) is 3.72.